The summed E-state index contributed by atoms with van der Waals surface area (Å²) in [6, 6.07) is 5.21. The molecule has 0 radical (unpaired) electrons. The summed E-state index contributed by atoms with van der Waals surface area (Å²) in [4.78, 5) is 14.8. The summed E-state index contributed by atoms with van der Waals surface area (Å²) >= 11 is 12.0. The number of anilines is 2. The van der Waals surface area contributed by atoms with Crippen molar-refractivity contribution in [3.8, 4) is 11.4 Å². The van der Waals surface area contributed by atoms with Crippen LogP contribution in [0.25, 0.3) is 11.4 Å². The van der Waals surface area contributed by atoms with Crippen LogP contribution in [0.1, 0.15) is 0 Å². The number of ether oxygens (including phenoxy) is 1. The average Bonchev–Trinajstić information content (AvgIpc) is 2.50. The van der Waals surface area contributed by atoms with Gasteiger partial charge in [0.2, 0.25) is 11.9 Å². The van der Waals surface area contributed by atoms with Crippen molar-refractivity contribution in [2.75, 3.05) is 36.9 Å². The van der Waals surface area contributed by atoms with Crippen LogP contribution in [0.5, 0.6) is 0 Å². The lowest BCUT2D eigenvalue weighted by Gasteiger charge is -2.26. The van der Waals surface area contributed by atoms with E-state index in [4.69, 9.17) is 33.7 Å². The van der Waals surface area contributed by atoms with Gasteiger partial charge in [0, 0.05) is 18.7 Å². The van der Waals surface area contributed by atoms with Gasteiger partial charge in [-0.2, -0.15) is 15.0 Å². The highest BCUT2D eigenvalue weighted by Gasteiger charge is 2.16. The van der Waals surface area contributed by atoms with Gasteiger partial charge in [-0.25, -0.2) is 0 Å². The molecule has 0 amide bonds. The quantitative estimate of drug-likeness (QED) is 0.912. The molecule has 1 aromatic carbocycles. The number of hydrogen-bond donors (Lipinski definition) is 1. The fraction of sp³-hybridized carbons (Fsp3) is 0.308. The molecule has 0 saturated carbocycles. The lowest BCUT2D eigenvalue weighted by atomic mass is 10.2. The predicted molar refractivity (Wildman–Crippen MR) is 82.7 cm³/mol. The largest absolute Gasteiger partial charge is 0.378 e. The van der Waals surface area contributed by atoms with E-state index in [1.54, 1.807) is 18.2 Å². The fourth-order valence-corrected chi connectivity index (χ4v) is 2.35. The smallest absolute Gasteiger partial charge is 0.230 e. The first kappa shape index (κ1) is 14.3. The first-order valence-corrected chi connectivity index (χ1v) is 7.19. The zero-order chi connectivity index (χ0) is 14.8. The minimum Gasteiger partial charge on any atom is -0.378 e. The van der Waals surface area contributed by atoms with E-state index in [2.05, 4.69) is 15.0 Å². The number of nitrogens with two attached hydrogens (primary N) is 1. The molecule has 0 unspecified atom stereocenters. The topological polar surface area (TPSA) is 77.2 Å². The van der Waals surface area contributed by atoms with Crippen molar-refractivity contribution in [1.29, 1.82) is 0 Å². The van der Waals surface area contributed by atoms with E-state index in [1.807, 2.05) is 4.90 Å². The highest BCUT2D eigenvalue weighted by molar-refractivity contribution is 6.42. The maximum absolute atomic E-state index is 6.03. The Kier molecular flexibility index (Phi) is 4.10. The lowest BCUT2D eigenvalue weighted by molar-refractivity contribution is 0.122. The second-order valence-corrected chi connectivity index (χ2v) is 5.36. The average molecular weight is 326 g/mol. The van der Waals surface area contributed by atoms with Crippen LogP contribution in [0.4, 0.5) is 11.9 Å². The van der Waals surface area contributed by atoms with E-state index in [0.717, 1.165) is 18.7 Å². The molecule has 3 rings (SSSR count). The summed E-state index contributed by atoms with van der Waals surface area (Å²) in [6.07, 6.45) is 0. The second kappa shape index (κ2) is 6.01. The van der Waals surface area contributed by atoms with Crippen molar-refractivity contribution in [1.82, 2.24) is 15.0 Å². The zero-order valence-electron chi connectivity index (χ0n) is 11.1. The molecule has 0 spiro atoms. The molecule has 8 heteroatoms. The number of rotatable bonds is 2. The molecular weight excluding hydrogens is 313 g/mol. The van der Waals surface area contributed by atoms with E-state index in [1.165, 1.54) is 0 Å². The molecular formula is C13H13Cl2N5O. The van der Waals surface area contributed by atoms with Crippen LogP contribution in [0.15, 0.2) is 18.2 Å². The van der Waals surface area contributed by atoms with Crippen LogP contribution >= 0.6 is 23.2 Å². The van der Waals surface area contributed by atoms with Crippen LogP contribution < -0.4 is 10.6 Å². The molecule has 1 aliphatic rings. The van der Waals surface area contributed by atoms with Crippen molar-refractivity contribution in [3.05, 3.63) is 28.2 Å². The number of nitrogen functional groups attached to an aromatic ring is 1. The number of aromatic nitrogens is 3. The van der Waals surface area contributed by atoms with Crippen molar-refractivity contribution >= 4 is 35.1 Å². The summed E-state index contributed by atoms with van der Waals surface area (Å²) in [5.74, 6) is 1.20. The molecule has 0 atom stereocenters. The number of morpholine rings is 1. The fourth-order valence-electron chi connectivity index (χ4n) is 2.05. The summed E-state index contributed by atoms with van der Waals surface area (Å²) in [5, 5.41) is 0.928. The van der Waals surface area contributed by atoms with Crippen molar-refractivity contribution in [3.63, 3.8) is 0 Å². The van der Waals surface area contributed by atoms with Crippen LogP contribution in [0.3, 0.4) is 0 Å². The third kappa shape index (κ3) is 3.18. The minimum absolute atomic E-state index is 0.174. The van der Waals surface area contributed by atoms with Crippen LogP contribution in [-0.2, 0) is 4.74 Å². The third-order valence-electron chi connectivity index (χ3n) is 3.11. The minimum atomic E-state index is 0.174. The van der Waals surface area contributed by atoms with Gasteiger partial charge in [-0.05, 0) is 18.2 Å². The van der Waals surface area contributed by atoms with Gasteiger partial charge >= 0.3 is 0 Å². The Hall–Kier alpha value is -1.63. The standard InChI is InChI=1S/C13H13Cl2N5O/c14-9-2-1-8(7-10(9)15)11-17-12(16)19-13(18-11)20-3-5-21-6-4-20/h1-2,7H,3-6H2,(H2,16,17,18,19). The Bertz CT molecular complexity index is 661. The highest BCUT2D eigenvalue weighted by atomic mass is 35.5. The zero-order valence-corrected chi connectivity index (χ0v) is 12.6. The number of halogens is 2. The normalized spacial score (nSPS) is 15.2. The van der Waals surface area contributed by atoms with Crippen molar-refractivity contribution in [2.24, 2.45) is 0 Å². The summed E-state index contributed by atoms with van der Waals surface area (Å²) in [5.41, 5.74) is 6.54. The van der Waals surface area contributed by atoms with E-state index >= 15 is 0 Å². The summed E-state index contributed by atoms with van der Waals surface area (Å²) in [6.45, 7) is 2.75. The summed E-state index contributed by atoms with van der Waals surface area (Å²) in [7, 11) is 0. The Morgan fingerprint density at radius 2 is 1.81 bits per heavy atom. The molecule has 2 aromatic rings. The van der Waals surface area contributed by atoms with E-state index in [0.29, 0.717) is 35.0 Å². The van der Waals surface area contributed by atoms with Gasteiger partial charge in [0.15, 0.2) is 5.82 Å². The Morgan fingerprint density at radius 3 is 2.52 bits per heavy atom. The van der Waals surface area contributed by atoms with Gasteiger partial charge < -0.3 is 15.4 Å². The Morgan fingerprint density at radius 1 is 1.05 bits per heavy atom. The molecule has 1 aromatic heterocycles. The molecule has 2 N–H and O–H groups in total. The first-order valence-electron chi connectivity index (χ1n) is 6.43. The lowest BCUT2D eigenvalue weighted by Crippen LogP contribution is -2.37. The first-order chi connectivity index (χ1) is 10.1. The molecule has 6 nitrogen and oxygen atoms in total. The maximum Gasteiger partial charge on any atom is 0.230 e. The van der Waals surface area contributed by atoms with E-state index < -0.39 is 0 Å². The SMILES string of the molecule is Nc1nc(-c2ccc(Cl)c(Cl)c2)nc(N2CCOCC2)n1. The predicted octanol–water partition coefficient (Wildman–Crippen LogP) is 2.26. The Labute approximate surface area is 131 Å². The maximum atomic E-state index is 6.03. The molecule has 21 heavy (non-hydrogen) atoms. The van der Waals surface area contributed by atoms with Gasteiger partial charge in [-0.1, -0.05) is 23.2 Å². The number of nitrogens with zero attached hydrogens (tertiary/aromatic N) is 4. The van der Waals surface area contributed by atoms with Gasteiger partial charge in [0.25, 0.3) is 0 Å². The Balaban J connectivity index is 1.98. The van der Waals surface area contributed by atoms with Crippen molar-refractivity contribution in [2.45, 2.75) is 0 Å². The molecule has 0 aliphatic carbocycles. The molecule has 2 heterocycles. The van der Waals surface area contributed by atoms with Gasteiger partial charge in [0.05, 0.1) is 23.3 Å². The van der Waals surface area contributed by atoms with E-state index in [9.17, 15) is 0 Å². The van der Waals surface area contributed by atoms with Crippen molar-refractivity contribution < 1.29 is 4.74 Å². The van der Waals surface area contributed by atoms with Crippen LogP contribution in [-0.4, -0.2) is 41.3 Å². The van der Waals surface area contributed by atoms with E-state index in [-0.39, 0.29) is 5.95 Å². The molecule has 110 valence electrons. The third-order valence-corrected chi connectivity index (χ3v) is 3.85. The molecule has 0 bridgehead atoms. The van der Waals surface area contributed by atoms with Gasteiger partial charge in [0.1, 0.15) is 0 Å². The number of benzene rings is 1. The van der Waals surface area contributed by atoms with Crippen LogP contribution in [0, 0.1) is 0 Å². The molecule has 1 aliphatic heterocycles. The second-order valence-electron chi connectivity index (χ2n) is 4.55. The van der Waals surface area contributed by atoms with Gasteiger partial charge in [-0.3, -0.25) is 0 Å². The van der Waals surface area contributed by atoms with Crippen LogP contribution in [0.2, 0.25) is 10.0 Å². The number of hydrogen-bond acceptors (Lipinski definition) is 6. The summed E-state index contributed by atoms with van der Waals surface area (Å²) < 4.78 is 5.32. The van der Waals surface area contributed by atoms with Gasteiger partial charge in [-0.15, -0.1) is 0 Å². The molecule has 1 saturated heterocycles. The molecule has 1 fully saturated rings. The monoisotopic (exact) mass is 325 g/mol. The highest BCUT2D eigenvalue weighted by Crippen LogP contribution is 2.27.